The molecule has 2 aliphatic carbocycles. The number of anilines is 1. The summed E-state index contributed by atoms with van der Waals surface area (Å²) in [6.45, 7) is 3.52. The Balaban J connectivity index is 1.54. The second-order valence-electron chi connectivity index (χ2n) is 11.0. The molecule has 6 unspecified atom stereocenters. The van der Waals surface area contributed by atoms with Crippen LogP contribution in [-0.4, -0.2) is 46.8 Å². The van der Waals surface area contributed by atoms with Crippen molar-refractivity contribution in [2.24, 2.45) is 29.1 Å². The maximum atomic E-state index is 14.3. The summed E-state index contributed by atoms with van der Waals surface area (Å²) in [5.74, 6) is -5.75. The van der Waals surface area contributed by atoms with Gasteiger partial charge in [-0.05, 0) is 50.3 Å². The molecule has 1 N–H and O–H groups in total. The van der Waals surface area contributed by atoms with Crippen LogP contribution in [-0.2, 0) is 23.9 Å². The average molecular weight is 529 g/mol. The van der Waals surface area contributed by atoms with E-state index in [9.17, 15) is 29.1 Å². The normalized spacial score (nSPS) is 31.6. The Morgan fingerprint density at radius 3 is 2.38 bits per heavy atom. The van der Waals surface area contributed by atoms with E-state index in [-0.39, 0.29) is 30.4 Å². The van der Waals surface area contributed by atoms with E-state index in [4.69, 9.17) is 4.74 Å². The van der Waals surface area contributed by atoms with E-state index < -0.39 is 52.9 Å². The summed E-state index contributed by atoms with van der Waals surface area (Å²) >= 11 is 0. The Morgan fingerprint density at radius 1 is 0.974 bits per heavy atom. The Hall–Kier alpha value is -4.27. The number of amides is 5. The highest BCUT2D eigenvalue weighted by Crippen LogP contribution is 2.64. The third-order valence-corrected chi connectivity index (χ3v) is 9.23. The van der Waals surface area contributed by atoms with E-state index in [1.54, 1.807) is 62.4 Å². The molecule has 4 aliphatic rings. The zero-order chi connectivity index (χ0) is 27.8. The standard InChI is InChI=1S/C30H28N2O7/c1-15-8-7-11-19(24(15)33)23-17-12-13-18-22(27(36)32(25(18)34)29(38)39-3)20(17)14-21-26(35)31(28(37)30(21,23)2)16-9-5-4-6-10-16/h4-12,18,20-23,33H,13-14H2,1-3H3. The SMILES string of the molecule is COC(=O)N1C(=O)C2CC=C3C(CC4C(=O)N(c5ccccc5)C(=O)C4(C)C3c3cccc(C)c3O)C2C1=O. The van der Waals surface area contributed by atoms with Crippen LogP contribution in [0.15, 0.2) is 60.2 Å². The molecule has 2 saturated heterocycles. The first-order chi connectivity index (χ1) is 18.6. The van der Waals surface area contributed by atoms with E-state index in [2.05, 4.69) is 0 Å². The van der Waals surface area contributed by atoms with E-state index in [1.165, 1.54) is 4.90 Å². The molecule has 5 amide bonds. The molecule has 3 fully saturated rings. The van der Waals surface area contributed by atoms with Crippen LogP contribution in [0.5, 0.6) is 5.75 Å². The fourth-order valence-electron chi connectivity index (χ4n) is 7.37. The molecule has 0 spiro atoms. The highest BCUT2D eigenvalue weighted by atomic mass is 16.5. The molecule has 6 rings (SSSR count). The Labute approximate surface area is 225 Å². The van der Waals surface area contributed by atoms with Crippen molar-refractivity contribution < 1.29 is 33.8 Å². The van der Waals surface area contributed by atoms with Crippen LogP contribution in [0.1, 0.15) is 36.8 Å². The first-order valence-electron chi connectivity index (χ1n) is 13.0. The van der Waals surface area contributed by atoms with Gasteiger partial charge in [-0.2, -0.15) is 4.90 Å². The highest BCUT2D eigenvalue weighted by Gasteiger charge is 2.68. The van der Waals surface area contributed by atoms with Crippen molar-refractivity contribution in [3.8, 4) is 5.75 Å². The van der Waals surface area contributed by atoms with Crippen molar-refractivity contribution in [1.29, 1.82) is 0 Å². The largest absolute Gasteiger partial charge is 0.507 e. The van der Waals surface area contributed by atoms with Crippen LogP contribution in [0, 0.1) is 36.0 Å². The molecular formula is C30H28N2O7. The number of carbonyl (C=O) groups is 5. The smallest absolute Gasteiger partial charge is 0.423 e. The molecule has 2 aromatic rings. The zero-order valence-corrected chi connectivity index (χ0v) is 21.8. The molecule has 2 aromatic carbocycles. The molecule has 0 radical (unpaired) electrons. The minimum Gasteiger partial charge on any atom is -0.507 e. The summed E-state index contributed by atoms with van der Waals surface area (Å²) in [6.07, 6.45) is 1.20. The molecule has 0 bridgehead atoms. The molecule has 200 valence electrons. The van der Waals surface area contributed by atoms with Gasteiger partial charge in [-0.15, -0.1) is 0 Å². The molecule has 9 nitrogen and oxygen atoms in total. The van der Waals surface area contributed by atoms with Crippen molar-refractivity contribution in [1.82, 2.24) is 4.90 Å². The second kappa shape index (κ2) is 8.62. The number of ether oxygens (including phenoxy) is 1. The summed E-state index contributed by atoms with van der Waals surface area (Å²) in [4.78, 5) is 69.0. The number of aryl methyl sites for hydroxylation is 1. The predicted octanol–water partition coefficient (Wildman–Crippen LogP) is 3.70. The topological polar surface area (TPSA) is 121 Å². The third kappa shape index (κ3) is 3.22. The summed E-state index contributed by atoms with van der Waals surface area (Å²) in [7, 11) is 1.11. The minimum absolute atomic E-state index is 0.0228. The minimum atomic E-state index is -1.25. The number of aromatic hydroxyl groups is 1. The number of para-hydroxylation sites is 2. The van der Waals surface area contributed by atoms with Gasteiger partial charge in [-0.3, -0.25) is 19.2 Å². The number of hydrogen-bond acceptors (Lipinski definition) is 7. The van der Waals surface area contributed by atoms with Gasteiger partial charge >= 0.3 is 6.09 Å². The molecule has 39 heavy (non-hydrogen) atoms. The number of fused-ring (bicyclic) bond motifs is 4. The number of benzene rings is 2. The number of likely N-dealkylation sites (tertiary alicyclic amines) is 1. The number of phenolic OH excluding ortho intramolecular Hbond substituents is 1. The van der Waals surface area contributed by atoms with Gasteiger partial charge in [0.1, 0.15) is 5.75 Å². The molecular weight excluding hydrogens is 500 g/mol. The molecule has 2 heterocycles. The fraction of sp³-hybridized carbons (Fsp3) is 0.367. The van der Waals surface area contributed by atoms with E-state index >= 15 is 0 Å². The fourth-order valence-corrected chi connectivity index (χ4v) is 7.37. The second-order valence-corrected chi connectivity index (χ2v) is 11.0. The van der Waals surface area contributed by atoms with Crippen molar-refractivity contribution >= 4 is 35.4 Å². The average Bonchev–Trinajstić information content (AvgIpc) is 3.30. The Bertz CT molecular complexity index is 1480. The van der Waals surface area contributed by atoms with Crippen LogP contribution < -0.4 is 4.90 Å². The van der Waals surface area contributed by atoms with Crippen molar-refractivity contribution in [2.75, 3.05) is 12.0 Å². The molecule has 9 heteroatoms. The highest BCUT2D eigenvalue weighted by molar-refractivity contribution is 6.24. The number of allylic oxidation sites excluding steroid dienone is 2. The number of hydrogen-bond donors (Lipinski definition) is 1. The lowest BCUT2D eigenvalue weighted by molar-refractivity contribution is -0.138. The molecule has 0 aromatic heterocycles. The van der Waals surface area contributed by atoms with Gasteiger partial charge in [0.25, 0.3) is 0 Å². The van der Waals surface area contributed by atoms with E-state index in [0.29, 0.717) is 21.7 Å². The van der Waals surface area contributed by atoms with E-state index in [1.807, 2.05) is 6.08 Å². The maximum absolute atomic E-state index is 14.3. The monoisotopic (exact) mass is 528 g/mol. The lowest BCUT2D eigenvalue weighted by Crippen LogP contribution is -2.49. The number of nitrogens with zero attached hydrogens (tertiary/aromatic N) is 2. The lowest BCUT2D eigenvalue weighted by atomic mass is 9.51. The first kappa shape index (κ1) is 25.0. The van der Waals surface area contributed by atoms with Gasteiger partial charge in [0.05, 0.1) is 36.0 Å². The number of imide groups is 4. The van der Waals surface area contributed by atoms with Gasteiger partial charge in [0.15, 0.2) is 0 Å². The van der Waals surface area contributed by atoms with Gasteiger partial charge < -0.3 is 9.84 Å². The lowest BCUT2D eigenvalue weighted by Gasteiger charge is -2.49. The molecule has 1 saturated carbocycles. The molecule has 2 aliphatic heterocycles. The summed E-state index contributed by atoms with van der Waals surface area (Å²) in [5.41, 5.74) is 1.05. The van der Waals surface area contributed by atoms with Crippen LogP contribution in [0.25, 0.3) is 0 Å². The summed E-state index contributed by atoms with van der Waals surface area (Å²) in [5, 5.41) is 11.2. The number of carbonyl (C=O) groups excluding carboxylic acids is 5. The zero-order valence-electron chi connectivity index (χ0n) is 21.8. The maximum Gasteiger partial charge on any atom is 0.423 e. The van der Waals surface area contributed by atoms with Gasteiger partial charge in [0.2, 0.25) is 23.6 Å². The van der Waals surface area contributed by atoms with Gasteiger partial charge in [-0.1, -0.05) is 48.0 Å². The first-order valence-corrected chi connectivity index (χ1v) is 13.0. The summed E-state index contributed by atoms with van der Waals surface area (Å²) in [6, 6.07) is 14.0. The third-order valence-electron chi connectivity index (χ3n) is 9.23. The number of phenols is 1. The Kier molecular flexibility index (Phi) is 5.54. The van der Waals surface area contributed by atoms with E-state index in [0.717, 1.165) is 12.7 Å². The quantitative estimate of drug-likeness (QED) is 0.466. The molecule has 6 atom stereocenters. The van der Waals surface area contributed by atoms with Crippen molar-refractivity contribution in [2.45, 2.75) is 32.6 Å². The predicted molar refractivity (Wildman–Crippen MR) is 138 cm³/mol. The van der Waals surface area contributed by atoms with Gasteiger partial charge in [-0.25, -0.2) is 9.69 Å². The Morgan fingerprint density at radius 2 is 1.69 bits per heavy atom. The van der Waals surface area contributed by atoms with Crippen LogP contribution in [0.3, 0.4) is 0 Å². The van der Waals surface area contributed by atoms with Crippen molar-refractivity contribution in [3.05, 3.63) is 71.3 Å². The van der Waals surface area contributed by atoms with Crippen LogP contribution >= 0.6 is 0 Å². The van der Waals surface area contributed by atoms with Gasteiger partial charge in [0, 0.05) is 11.5 Å². The van der Waals surface area contributed by atoms with Crippen LogP contribution in [0.4, 0.5) is 10.5 Å². The number of rotatable bonds is 2. The van der Waals surface area contributed by atoms with Crippen molar-refractivity contribution in [3.63, 3.8) is 0 Å². The van der Waals surface area contributed by atoms with Crippen LogP contribution in [0.2, 0.25) is 0 Å². The number of methoxy groups -OCH3 is 1. The summed E-state index contributed by atoms with van der Waals surface area (Å²) < 4.78 is 4.71.